The van der Waals surface area contributed by atoms with Crippen LogP contribution < -0.4 is 4.74 Å². The molecule has 0 aromatic carbocycles. The topological polar surface area (TPSA) is 35.0 Å². The Morgan fingerprint density at radius 3 is 2.56 bits per heavy atom. The fraction of sp³-hybridized carbons (Fsp3) is 0.0909. The predicted octanol–water partition coefficient (Wildman–Crippen LogP) is 3.28. The Bertz CT molecular complexity index is 451. The number of methoxy groups -OCH3 is 1. The van der Waals surface area contributed by atoms with Crippen molar-refractivity contribution in [2.45, 2.75) is 10.1 Å². The molecule has 2 heterocycles. The van der Waals surface area contributed by atoms with Crippen LogP contribution in [0.2, 0.25) is 0 Å². The van der Waals surface area contributed by atoms with E-state index in [2.05, 4.69) is 9.97 Å². The van der Waals surface area contributed by atoms with E-state index in [-0.39, 0.29) is 0 Å². The number of nitrogens with zero attached hydrogens (tertiary/aromatic N) is 2. The van der Waals surface area contributed by atoms with Gasteiger partial charge in [-0.1, -0.05) is 12.1 Å². The fourth-order valence-electron chi connectivity index (χ4n) is 1.04. The molecule has 5 heteroatoms. The zero-order valence-electron chi connectivity index (χ0n) is 8.66. The van der Waals surface area contributed by atoms with Gasteiger partial charge in [-0.2, -0.15) is 0 Å². The molecule has 82 valence electrons. The van der Waals surface area contributed by atoms with E-state index < -0.39 is 0 Å². The molecule has 0 atom stereocenters. The Kier molecular flexibility index (Phi) is 4.07. The minimum absolute atomic E-state index is 0.631. The standard InChI is InChI=1S/C11H10N2OS2/c1-14-9-5-4-7-11(13-9)16-15-10-6-2-3-8-12-10/h2-8H,1H3. The van der Waals surface area contributed by atoms with Crippen LogP contribution in [-0.4, -0.2) is 17.1 Å². The third-order valence-corrected chi connectivity index (χ3v) is 3.93. The van der Waals surface area contributed by atoms with Crippen LogP contribution >= 0.6 is 21.6 Å². The molecule has 0 radical (unpaired) electrons. The summed E-state index contributed by atoms with van der Waals surface area (Å²) in [6, 6.07) is 11.5. The number of aromatic nitrogens is 2. The number of ether oxygens (including phenoxy) is 1. The molecule has 0 aliphatic carbocycles. The Hall–Kier alpha value is -1.20. The van der Waals surface area contributed by atoms with Crippen molar-refractivity contribution in [2.75, 3.05) is 7.11 Å². The molecule has 16 heavy (non-hydrogen) atoms. The highest BCUT2D eigenvalue weighted by atomic mass is 33.1. The number of hydrogen-bond acceptors (Lipinski definition) is 5. The van der Waals surface area contributed by atoms with Gasteiger partial charge in [0, 0.05) is 12.3 Å². The van der Waals surface area contributed by atoms with Gasteiger partial charge in [-0.05, 0) is 39.8 Å². The van der Waals surface area contributed by atoms with E-state index in [1.807, 2.05) is 36.4 Å². The summed E-state index contributed by atoms with van der Waals surface area (Å²) in [6.07, 6.45) is 1.78. The molecule has 0 spiro atoms. The van der Waals surface area contributed by atoms with Gasteiger partial charge in [0.2, 0.25) is 5.88 Å². The molecule has 0 saturated carbocycles. The first kappa shape index (κ1) is 11.3. The zero-order valence-corrected chi connectivity index (χ0v) is 10.3. The van der Waals surface area contributed by atoms with E-state index in [0.29, 0.717) is 5.88 Å². The van der Waals surface area contributed by atoms with Crippen LogP contribution in [0.1, 0.15) is 0 Å². The van der Waals surface area contributed by atoms with Gasteiger partial charge < -0.3 is 4.74 Å². The van der Waals surface area contributed by atoms with E-state index >= 15 is 0 Å². The van der Waals surface area contributed by atoms with Crippen LogP contribution in [0.3, 0.4) is 0 Å². The summed E-state index contributed by atoms with van der Waals surface area (Å²) in [5, 5.41) is 1.88. The van der Waals surface area contributed by atoms with Gasteiger partial charge in [-0.15, -0.1) is 0 Å². The van der Waals surface area contributed by atoms with E-state index in [1.54, 1.807) is 34.9 Å². The average Bonchev–Trinajstić information content (AvgIpc) is 2.38. The molecule has 0 saturated heterocycles. The second-order valence-corrected chi connectivity index (χ2v) is 5.02. The molecule has 0 bridgehead atoms. The van der Waals surface area contributed by atoms with Gasteiger partial charge in [0.15, 0.2) is 0 Å². The van der Waals surface area contributed by atoms with Crippen LogP contribution in [0, 0.1) is 0 Å². The minimum Gasteiger partial charge on any atom is -0.481 e. The lowest BCUT2D eigenvalue weighted by Crippen LogP contribution is -1.87. The Morgan fingerprint density at radius 1 is 1.00 bits per heavy atom. The van der Waals surface area contributed by atoms with E-state index in [1.165, 1.54) is 0 Å². The SMILES string of the molecule is COc1cccc(SSc2ccccn2)n1. The summed E-state index contributed by atoms with van der Waals surface area (Å²) in [5.41, 5.74) is 0. The lowest BCUT2D eigenvalue weighted by Gasteiger charge is -2.01. The van der Waals surface area contributed by atoms with E-state index in [0.717, 1.165) is 10.1 Å². The molecule has 2 aromatic heterocycles. The molecule has 3 nitrogen and oxygen atoms in total. The van der Waals surface area contributed by atoms with Crippen molar-refractivity contribution in [3.63, 3.8) is 0 Å². The van der Waals surface area contributed by atoms with Gasteiger partial charge in [-0.25, -0.2) is 9.97 Å². The van der Waals surface area contributed by atoms with Crippen LogP contribution in [0.4, 0.5) is 0 Å². The van der Waals surface area contributed by atoms with Crippen LogP contribution in [0.25, 0.3) is 0 Å². The monoisotopic (exact) mass is 250 g/mol. The third-order valence-electron chi connectivity index (χ3n) is 1.76. The van der Waals surface area contributed by atoms with Gasteiger partial charge in [-0.3, -0.25) is 0 Å². The first-order valence-electron chi connectivity index (χ1n) is 4.65. The van der Waals surface area contributed by atoms with Crippen molar-refractivity contribution in [3.8, 4) is 5.88 Å². The molecule has 0 fully saturated rings. The molecule has 2 rings (SSSR count). The normalized spacial score (nSPS) is 10.1. The lowest BCUT2D eigenvalue weighted by atomic mass is 10.5. The molecule has 0 aliphatic rings. The Balaban J connectivity index is 1.99. The second kappa shape index (κ2) is 5.77. The maximum Gasteiger partial charge on any atom is 0.214 e. The van der Waals surface area contributed by atoms with E-state index in [9.17, 15) is 0 Å². The molecule has 2 aromatic rings. The maximum atomic E-state index is 5.06. The first-order chi connectivity index (χ1) is 7.88. The summed E-state index contributed by atoms with van der Waals surface area (Å²) in [4.78, 5) is 8.52. The number of hydrogen-bond donors (Lipinski definition) is 0. The Morgan fingerprint density at radius 2 is 1.81 bits per heavy atom. The third kappa shape index (κ3) is 3.15. The lowest BCUT2D eigenvalue weighted by molar-refractivity contribution is 0.394. The summed E-state index contributed by atoms with van der Waals surface area (Å²) < 4.78 is 5.06. The van der Waals surface area contributed by atoms with Gasteiger partial charge in [0.1, 0.15) is 10.1 Å². The largest absolute Gasteiger partial charge is 0.481 e. The van der Waals surface area contributed by atoms with Gasteiger partial charge in [0.05, 0.1) is 7.11 Å². The summed E-state index contributed by atoms with van der Waals surface area (Å²) >= 11 is 0. The Labute approximate surface area is 102 Å². The smallest absolute Gasteiger partial charge is 0.214 e. The highest BCUT2D eigenvalue weighted by molar-refractivity contribution is 8.76. The molecular weight excluding hydrogens is 240 g/mol. The first-order valence-corrected chi connectivity index (χ1v) is 6.80. The average molecular weight is 250 g/mol. The van der Waals surface area contributed by atoms with Gasteiger partial charge in [0.25, 0.3) is 0 Å². The highest BCUT2D eigenvalue weighted by Crippen LogP contribution is 2.35. The predicted molar refractivity (Wildman–Crippen MR) is 66.7 cm³/mol. The molecule has 0 aliphatic heterocycles. The molecule has 0 unspecified atom stereocenters. The zero-order chi connectivity index (χ0) is 11.2. The van der Waals surface area contributed by atoms with E-state index in [4.69, 9.17) is 4.74 Å². The summed E-state index contributed by atoms with van der Waals surface area (Å²) in [6.45, 7) is 0. The van der Waals surface area contributed by atoms with Crippen molar-refractivity contribution in [3.05, 3.63) is 42.6 Å². The van der Waals surface area contributed by atoms with Crippen molar-refractivity contribution in [1.82, 2.24) is 9.97 Å². The summed E-state index contributed by atoms with van der Waals surface area (Å²) in [7, 11) is 4.76. The number of rotatable bonds is 4. The van der Waals surface area contributed by atoms with Crippen LogP contribution in [0.15, 0.2) is 52.6 Å². The minimum atomic E-state index is 0.631. The van der Waals surface area contributed by atoms with Crippen molar-refractivity contribution < 1.29 is 4.74 Å². The van der Waals surface area contributed by atoms with Gasteiger partial charge >= 0.3 is 0 Å². The van der Waals surface area contributed by atoms with Crippen molar-refractivity contribution in [2.24, 2.45) is 0 Å². The highest BCUT2D eigenvalue weighted by Gasteiger charge is 2.00. The van der Waals surface area contributed by atoms with Crippen molar-refractivity contribution >= 4 is 21.6 Å². The van der Waals surface area contributed by atoms with Crippen LogP contribution in [-0.2, 0) is 0 Å². The quantitative estimate of drug-likeness (QED) is 0.778. The molecule has 0 N–H and O–H groups in total. The molecular formula is C11H10N2OS2. The fourth-order valence-corrected chi connectivity index (χ4v) is 2.79. The number of pyridine rings is 2. The van der Waals surface area contributed by atoms with Crippen LogP contribution in [0.5, 0.6) is 5.88 Å². The van der Waals surface area contributed by atoms with Crippen molar-refractivity contribution in [1.29, 1.82) is 0 Å². The second-order valence-electron chi connectivity index (χ2n) is 2.85. The molecule has 0 amide bonds. The maximum absolute atomic E-state index is 5.06. The summed E-state index contributed by atoms with van der Waals surface area (Å²) in [5.74, 6) is 0.631.